The number of para-hydroxylation sites is 1. The van der Waals surface area contributed by atoms with Crippen LogP contribution in [0.1, 0.15) is 26.0 Å². The van der Waals surface area contributed by atoms with Crippen LogP contribution in [0.3, 0.4) is 0 Å². The molecule has 2 aromatic rings. The zero-order valence-electron chi connectivity index (χ0n) is 15.8. The molecule has 1 heterocycles. The molecule has 2 amide bonds. The Morgan fingerprint density at radius 1 is 1.36 bits per heavy atom. The fourth-order valence-electron chi connectivity index (χ4n) is 2.36. The van der Waals surface area contributed by atoms with Gasteiger partial charge < -0.3 is 10.1 Å². The molecule has 0 aliphatic heterocycles. The lowest BCUT2D eigenvalue weighted by Crippen LogP contribution is -2.26. The second-order valence-electron chi connectivity index (χ2n) is 5.72. The van der Waals surface area contributed by atoms with Crippen molar-refractivity contribution in [1.82, 2.24) is 10.3 Å². The van der Waals surface area contributed by atoms with Crippen molar-refractivity contribution < 1.29 is 14.3 Å². The number of hydrogen-bond acceptors (Lipinski definition) is 6. The number of anilines is 2. The monoisotopic (exact) mass is 398 g/mol. The Hall–Kier alpha value is -3.02. The zero-order chi connectivity index (χ0) is 20.4. The number of benzene rings is 1. The highest BCUT2D eigenvalue weighted by Crippen LogP contribution is 2.29. The second-order valence-corrected chi connectivity index (χ2v) is 6.56. The van der Waals surface area contributed by atoms with E-state index in [2.05, 4.69) is 10.3 Å². The van der Waals surface area contributed by atoms with Gasteiger partial charge in [0.25, 0.3) is 5.91 Å². The Balaban J connectivity index is 2.11. The van der Waals surface area contributed by atoms with Crippen molar-refractivity contribution in [2.75, 3.05) is 24.7 Å². The van der Waals surface area contributed by atoms with Crippen LogP contribution >= 0.6 is 11.3 Å². The minimum atomic E-state index is -0.458. The number of carbonyl (C=O) groups excluding carboxylic acids is 2. The first-order valence-corrected chi connectivity index (χ1v) is 9.73. The number of rotatable bonds is 9. The Morgan fingerprint density at radius 2 is 2.11 bits per heavy atom. The number of nitrogens with zero attached hydrogens (tertiary/aromatic N) is 3. The van der Waals surface area contributed by atoms with E-state index in [1.807, 2.05) is 43.3 Å². The van der Waals surface area contributed by atoms with Crippen LogP contribution in [0.15, 0.2) is 41.3 Å². The molecule has 0 radical (unpaired) electrons. The van der Waals surface area contributed by atoms with Crippen LogP contribution in [0.2, 0.25) is 0 Å². The summed E-state index contributed by atoms with van der Waals surface area (Å²) in [6.07, 6.45) is 2.09. The molecule has 0 saturated heterocycles. The number of carbonyl (C=O) groups is 2. The molecular formula is C20H22N4O3S. The van der Waals surface area contributed by atoms with Crippen molar-refractivity contribution in [1.29, 1.82) is 5.26 Å². The summed E-state index contributed by atoms with van der Waals surface area (Å²) in [5.74, 6) is -0.636. The summed E-state index contributed by atoms with van der Waals surface area (Å²) in [7, 11) is 0. The average Bonchev–Trinajstić information content (AvgIpc) is 3.14. The molecule has 1 aromatic carbocycles. The predicted molar refractivity (Wildman–Crippen MR) is 109 cm³/mol. The lowest BCUT2D eigenvalue weighted by atomic mass is 10.2. The molecule has 0 fully saturated rings. The van der Waals surface area contributed by atoms with E-state index in [0.717, 1.165) is 0 Å². The van der Waals surface area contributed by atoms with E-state index in [-0.39, 0.29) is 11.5 Å². The van der Waals surface area contributed by atoms with Crippen molar-refractivity contribution in [2.45, 2.75) is 20.3 Å². The molecule has 146 valence electrons. The van der Waals surface area contributed by atoms with Crippen LogP contribution in [0.5, 0.6) is 0 Å². The highest BCUT2D eigenvalue weighted by Gasteiger charge is 2.18. The normalized spacial score (nSPS) is 11.0. The molecule has 7 nitrogen and oxygen atoms in total. The summed E-state index contributed by atoms with van der Waals surface area (Å²) in [4.78, 5) is 30.1. The molecule has 0 spiro atoms. The summed E-state index contributed by atoms with van der Waals surface area (Å²) < 4.78 is 5.21. The maximum Gasteiger partial charge on any atom is 0.262 e. The number of nitrogens with one attached hydrogen (secondary N) is 1. The van der Waals surface area contributed by atoms with E-state index in [4.69, 9.17) is 4.74 Å². The molecule has 0 aliphatic rings. The predicted octanol–water partition coefficient (Wildman–Crippen LogP) is 3.28. The van der Waals surface area contributed by atoms with Crippen LogP contribution in [-0.2, 0) is 14.3 Å². The van der Waals surface area contributed by atoms with Gasteiger partial charge in [-0.1, -0.05) is 18.2 Å². The number of ether oxygens (including phenoxy) is 1. The third-order valence-electron chi connectivity index (χ3n) is 3.64. The highest BCUT2D eigenvalue weighted by molar-refractivity contribution is 7.14. The van der Waals surface area contributed by atoms with Gasteiger partial charge in [0.05, 0.1) is 11.4 Å². The van der Waals surface area contributed by atoms with E-state index < -0.39 is 5.91 Å². The summed E-state index contributed by atoms with van der Waals surface area (Å²) >= 11 is 1.26. The smallest absolute Gasteiger partial charge is 0.262 e. The highest BCUT2D eigenvalue weighted by atomic mass is 32.1. The van der Waals surface area contributed by atoms with E-state index in [0.29, 0.717) is 42.7 Å². The lowest BCUT2D eigenvalue weighted by Gasteiger charge is -2.17. The lowest BCUT2D eigenvalue weighted by molar-refractivity contribution is -0.117. The first-order chi connectivity index (χ1) is 13.6. The van der Waals surface area contributed by atoms with Crippen molar-refractivity contribution in [2.24, 2.45) is 0 Å². The van der Waals surface area contributed by atoms with Crippen LogP contribution in [0.4, 0.5) is 10.8 Å². The molecule has 0 aliphatic carbocycles. The Labute approximate surface area is 168 Å². The van der Waals surface area contributed by atoms with Gasteiger partial charge in [-0.05, 0) is 31.6 Å². The minimum absolute atomic E-state index is 0.0395. The third-order valence-corrected chi connectivity index (χ3v) is 4.49. The molecule has 1 aromatic heterocycles. The molecule has 8 heteroatoms. The molecule has 1 N–H and O–H groups in total. The maximum atomic E-state index is 12.2. The fraction of sp³-hybridized carbons (Fsp3) is 0.300. The SMILES string of the molecule is CCOCCCNC(=O)/C(C#N)=C/c1csc(N(C(C)=O)c2ccccc2)n1. The number of amides is 2. The summed E-state index contributed by atoms with van der Waals surface area (Å²) in [6, 6.07) is 11.1. The Bertz CT molecular complexity index is 871. The largest absolute Gasteiger partial charge is 0.382 e. The van der Waals surface area contributed by atoms with Crippen LogP contribution < -0.4 is 10.2 Å². The molecular weight excluding hydrogens is 376 g/mol. The number of hydrogen-bond donors (Lipinski definition) is 1. The maximum absolute atomic E-state index is 12.2. The Kier molecular flexibility index (Phi) is 8.34. The third kappa shape index (κ3) is 6.01. The van der Waals surface area contributed by atoms with Crippen molar-refractivity contribution in [3.63, 3.8) is 0 Å². The fourth-order valence-corrected chi connectivity index (χ4v) is 3.21. The van der Waals surface area contributed by atoms with Crippen molar-refractivity contribution >= 4 is 40.0 Å². The topological polar surface area (TPSA) is 95.3 Å². The van der Waals surface area contributed by atoms with Gasteiger partial charge in [0.15, 0.2) is 5.13 Å². The minimum Gasteiger partial charge on any atom is -0.382 e. The second kappa shape index (κ2) is 11.0. The van der Waals surface area contributed by atoms with Crippen LogP contribution in [0.25, 0.3) is 6.08 Å². The van der Waals surface area contributed by atoms with Gasteiger partial charge in [0, 0.05) is 32.1 Å². The molecule has 0 atom stereocenters. The first kappa shape index (κ1) is 21.3. The standard InChI is InChI=1S/C20H22N4O3S/c1-3-27-11-7-10-22-19(26)16(13-21)12-17-14-28-20(23-17)24(15(2)25)18-8-5-4-6-9-18/h4-6,8-9,12,14H,3,7,10-11H2,1-2H3,(H,22,26)/b16-12+. The molecule has 28 heavy (non-hydrogen) atoms. The number of nitriles is 1. The van der Waals surface area contributed by atoms with Crippen molar-refractivity contribution in [3.05, 3.63) is 47.0 Å². The van der Waals surface area contributed by atoms with E-state index in [1.54, 1.807) is 5.38 Å². The first-order valence-electron chi connectivity index (χ1n) is 8.85. The zero-order valence-corrected chi connectivity index (χ0v) is 16.7. The molecule has 0 saturated carbocycles. The van der Waals surface area contributed by atoms with E-state index >= 15 is 0 Å². The molecule has 0 bridgehead atoms. The van der Waals surface area contributed by atoms with Crippen LogP contribution in [-0.4, -0.2) is 36.6 Å². The average molecular weight is 398 g/mol. The summed E-state index contributed by atoms with van der Waals surface area (Å²) in [5.41, 5.74) is 1.11. The summed E-state index contributed by atoms with van der Waals surface area (Å²) in [6.45, 7) is 4.97. The van der Waals surface area contributed by atoms with Gasteiger partial charge in [-0.3, -0.25) is 14.5 Å². The van der Waals surface area contributed by atoms with Gasteiger partial charge in [-0.15, -0.1) is 11.3 Å². The number of aromatic nitrogens is 1. The number of thiazole rings is 1. The molecule has 0 unspecified atom stereocenters. The van der Waals surface area contributed by atoms with Gasteiger partial charge in [-0.25, -0.2) is 4.98 Å². The summed E-state index contributed by atoms with van der Waals surface area (Å²) in [5, 5.41) is 14.1. The van der Waals surface area contributed by atoms with Gasteiger partial charge in [-0.2, -0.15) is 5.26 Å². The van der Waals surface area contributed by atoms with E-state index in [1.165, 1.54) is 29.2 Å². The van der Waals surface area contributed by atoms with Gasteiger partial charge in [0.1, 0.15) is 11.6 Å². The van der Waals surface area contributed by atoms with Gasteiger partial charge in [0.2, 0.25) is 5.91 Å². The molecule has 2 rings (SSSR count). The van der Waals surface area contributed by atoms with Crippen molar-refractivity contribution in [3.8, 4) is 6.07 Å². The van der Waals surface area contributed by atoms with Crippen LogP contribution in [0, 0.1) is 11.3 Å². The van der Waals surface area contributed by atoms with E-state index in [9.17, 15) is 14.9 Å². The van der Waals surface area contributed by atoms with Gasteiger partial charge >= 0.3 is 0 Å². The quantitative estimate of drug-likeness (QED) is 0.397. The Morgan fingerprint density at radius 3 is 2.75 bits per heavy atom.